The van der Waals surface area contributed by atoms with Gasteiger partial charge in [-0.25, -0.2) is 19.6 Å². The fourth-order valence-electron chi connectivity index (χ4n) is 1.65. The van der Waals surface area contributed by atoms with Gasteiger partial charge in [0.15, 0.2) is 0 Å². The number of aromatic nitrogens is 2. The first-order valence-corrected chi connectivity index (χ1v) is 6.54. The summed E-state index contributed by atoms with van der Waals surface area (Å²) in [6.45, 7) is 5.26. The van der Waals surface area contributed by atoms with E-state index in [-0.39, 0.29) is 22.8 Å². The van der Waals surface area contributed by atoms with Crippen LogP contribution in [0.15, 0.2) is 29.0 Å². The highest BCUT2D eigenvalue weighted by Gasteiger charge is 2.22. The fraction of sp³-hybridized carbons (Fsp3) is 0.333. The Morgan fingerprint density at radius 3 is 2.45 bits per heavy atom. The summed E-state index contributed by atoms with van der Waals surface area (Å²) < 4.78 is 15.1. The molecule has 0 N–H and O–H groups in total. The van der Waals surface area contributed by atoms with Gasteiger partial charge in [0.25, 0.3) is 0 Å². The molecule has 0 atom stereocenters. The Hall–Kier alpha value is -2.70. The van der Waals surface area contributed by atoms with Crippen molar-refractivity contribution in [3.8, 4) is 11.6 Å². The van der Waals surface area contributed by atoms with Crippen LogP contribution in [0.5, 0.6) is 0 Å². The van der Waals surface area contributed by atoms with Crippen LogP contribution in [0, 0.1) is 0 Å². The average molecular weight is 304 g/mol. The van der Waals surface area contributed by atoms with Crippen LogP contribution in [0.25, 0.3) is 11.6 Å². The molecule has 0 saturated carbocycles. The molecule has 2 heterocycles. The number of pyridine rings is 1. The van der Waals surface area contributed by atoms with E-state index in [0.717, 1.165) is 0 Å². The molecule has 7 heteroatoms. The van der Waals surface area contributed by atoms with Gasteiger partial charge in [-0.1, -0.05) is 0 Å². The van der Waals surface area contributed by atoms with E-state index >= 15 is 0 Å². The van der Waals surface area contributed by atoms with Gasteiger partial charge in [-0.2, -0.15) is 0 Å². The maximum atomic E-state index is 12.2. The predicted octanol–water partition coefficient (Wildman–Crippen LogP) is 2.48. The molecule has 0 unspecified atom stereocenters. The number of nitrogens with zero attached hydrogens (tertiary/aromatic N) is 2. The number of ether oxygens (including phenoxy) is 2. The van der Waals surface area contributed by atoms with E-state index in [0.29, 0.717) is 0 Å². The first-order chi connectivity index (χ1) is 10.3. The number of oxazole rings is 1. The van der Waals surface area contributed by atoms with Gasteiger partial charge in [0.05, 0.1) is 18.9 Å². The molecule has 0 radical (unpaired) electrons. The van der Waals surface area contributed by atoms with Crippen LogP contribution >= 0.6 is 0 Å². The molecule has 0 fully saturated rings. The van der Waals surface area contributed by atoms with Crippen molar-refractivity contribution in [2.75, 3.05) is 7.11 Å². The van der Waals surface area contributed by atoms with Crippen molar-refractivity contribution in [2.45, 2.75) is 26.4 Å². The summed E-state index contributed by atoms with van der Waals surface area (Å²) in [6, 6.07) is 2.76. The minimum Gasteiger partial charge on any atom is -0.464 e. The van der Waals surface area contributed by atoms with Gasteiger partial charge in [0.2, 0.25) is 5.89 Å². The molecule has 2 aromatic rings. The summed E-state index contributed by atoms with van der Waals surface area (Å²) in [6.07, 6.45) is 2.81. The highest BCUT2D eigenvalue weighted by Crippen LogP contribution is 2.20. The minimum absolute atomic E-state index is 0.0286. The minimum atomic E-state index is -0.668. The molecular weight excluding hydrogens is 288 g/mol. The van der Waals surface area contributed by atoms with Crippen LogP contribution in [0.1, 0.15) is 41.6 Å². The molecule has 0 saturated heterocycles. The number of carbonyl (C=O) groups excluding carboxylic acids is 2. The van der Waals surface area contributed by atoms with Crippen molar-refractivity contribution in [1.29, 1.82) is 0 Å². The Bertz CT molecular complexity index is 686. The Kier molecular flexibility index (Phi) is 4.25. The number of hydrogen-bond donors (Lipinski definition) is 0. The summed E-state index contributed by atoms with van der Waals surface area (Å²) >= 11 is 0. The Morgan fingerprint density at radius 1 is 1.18 bits per heavy atom. The van der Waals surface area contributed by atoms with Crippen molar-refractivity contribution in [3.63, 3.8) is 0 Å². The van der Waals surface area contributed by atoms with Gasteiger partial charge < -0.3 is 13.9 Å². The molecule has 2 rings (SSSR count). The zero-order valence-corrected chi connectivity index (χ0v) is 12.7. The predicted molar refractivity (Wildman–Crippen MR) is 76.2 cm³/mol. The highest BCUT2D eigenvalue weighted by molar-refractivity contribution is 5.95. The monoisotopic (exact) mass is 304 g/mol. The molecule has 7 nitrogen and oxygen atoms in total. The van der Waals surface area contributed by atoms with Gasteiger partial charge in [-0.15, -0.1) is 0 Å². The normalized spacial score (nSPS) is 11.1. The maximum Gasteiger partial charge on any atom is 0.356 e. The van der Waals surface area contributed by atoms with E-state index in [9.17, 15) is 9.59 Å². The number of rotatable bonds is 3. The van der Waals surface area contributed by atoms with Gasteiger partial charge >= 0.3 is 11.9 Å². The lowest BCUT2D eigenvalue weighted by atomic mass is 10.1. The molecular formula is C15H16N2O5. The van der Waals surface area contributed by atoms with Crippen LogP contribution in [0.2, 0.25) is 0 Å². The van der Waals surface area contributed by atoms with Crippen molar-refractivity contribution in [2.24, 2.45) is 0 Å². The van der Waals surface area contributed by atoms with E-state index in [1.807, 2.05) is 0 Å². The van der Waals surface area contributed by atoms with E-state index in [1.165, 1.54) is 31.7 Å². The SMILES string of the molecule is COC(=O)c1cc(C(=O)OC(C)(C)C)cc(-c2ncco2)n1. The van der Waals surface area contributed by atoms with Crippen molar-refractivity contribution in [1.82, 2.24) is 9.97 Å². The lowest BCUT2D eigenvalue weighted by Crippen LogP contribution is -2.24. The fourth-order valence-corrected chi connectivity index (χ4v) is 1.65. The average Bonchev–Trinajstić information content (AvgIpc) is 2.98. The number of methoxy groups -OCH3 is 1. The second-order valence-corrected chi connectivity index (χ2v) is 5.46. The Labute approximate surface area is 127 Å². The van der Waals surface area contributed by atoms with Crippen LogP contribution in [-0.4, -0.2) is 34.6 Å². The van der Waals surface area contributed by atoms with Crippen molar-refractivity contribution in [3.05, 3.63) is 35.9 Å². The van der Waals surface area contributed by atoms with Crippen LogP contribution < -0.4 is 0 Å². The lowest BCUT2D eigenvalue weighted by Gasteiger charge is -2.19. The molecule has 22 heavy (non-hydrogen) atoms. The molecule has 0 spiro atoms. The summed E-state index contributed by atoms with van der Waals surface area (Å²) in [5.74, 6) is -1.05. The lowest BCUT2D eigenvalue weighted by molar-refractivity contribution is 0.00694. The zero-order valence-electron chi connectivity index (χ0n) is 12.7. The Balaban J connectivity index is 2.47. The topological polar surface area (TPSA) is 91.5 Å². The molecule has 0 amide bonds. The van der Waals surface area contributed by atoms with Crippen LogP contribution in [0.4, 0.5) is 0 Å². The van der Waals surface area contributed by atoms with Gasteiger partial charge in [0, 0.05) is 0 Å². The molecule has 0 aliphatic rings. The third kappa shape index (κ3) is 3.69. The Morgan fingerprint density at radius 2 is 1.91 bits per heavy atom. The first-order valence-electron chi connectivity index (χ1n) is 6.54. The summed E-state index contributed by atoms with van der Waals surface area (Å²) in [4.78, 5) is 31.9. The summed E-state index contributed by atoms with van der Waals surface area (Å²) in [5.41, 5.74) is -0.277. The summed E-state index contributed by atoms with van der Waals surface area (Å²) in [7, 11) is 1.23. The smallest absolute Gasteiger partial charge is 0.356 e. The van der Waals surface area contributed by atoms with Crippen molar-refractivity contribution < 1.29 is 23.5 Å². The number of esters is 2. The highest BCUT2D eigenvalue weighted by atomic mass is 16.6. The largest absolute Gasteiger partial charge is 0.464 e. The van der Waals surface area contributed by atoms with E-state index in [2.05, 4.69) is 14.7 Å². The number of carbonyl (C=O) groups is 2. The van der Waals surface area contributed by atoms with E-state index in [4.69, 9.17) is 9.15 Å². The van der Waals surface area contributed by atoms with Gasteiger partial charge in [-0.05, 0) is 32.9 Å². The molecule has 0 aliphatic carbocycles. The van der Waals surface area contributed by atoms with E-state index < -0.39 is 17.5 Å². The van der Waals surface area contributed by atoms with Crippen molar-refractivity contribution >= 4 is 11.9 Å². The molecule has 0 bridgehead atoms. The molecule has 2 aromatic heterocycles. The standard InChI is InChI=1S/C15H16N2O5/c1-15(2,3)22-13(18)9-7-10(12-16-5-6-21-12)17-11(8-9)14(19)20-4/h5-8H,1-4H3. The third-order valence-corrected chi connectivity index (χ3v) is 2.51. The molecule has 0 aromatic carbocycles. The van der Waals surface area contributed by atoms with Gasteiger partial charge in [-0.3, -0.25) is 0 Å². The molecule has 0 aliphatic heterocycles. The third-order valence-electron chi connectivity index (χ3n) is 2.51. The van der Waals surface area contributed by atoms with Crippen LogP contribution in [0.3, 0.4) is 0 Å². The maximum absolute atomic E-state index is 12.2. The van der Waals surface area contributed by atoms with E-state index in [1.54, 1.807) is 20.8 Å². The second-order valence-electron chi connectivity index (χ2n) is 5.46. The zero-order chi connectivity index (χ0) is 16.3. The quantitative estimate of drug-likeness (QED) is 0.804. The summed E-state index contributed by atoms with van der Waals surface area (Å²) in [5, 5.41) is 0. The second kappa shape index (κ2) is 5.97. The van der Waals surface area contributed by atoms with Gasteiger partial charge in [0.1, 0.15) is 23.3 Å². The number of hydrogen-bond acceptors (Lipinski definition) is 7. The first kappa shape index (κ1) is 15.7. The van der Waals surface area contributed by atoms with Crippen LogP contribution in [-0.2, 0) is 9.47 Å². The molecule has 116 valence electrons.